The Kier molecular flexibility index (Phi) is 2.39. The van der Waals surface area contributed by atoms with Gasteiger partial charge in [0.25, 0.3) is 0 Å². The quantitative estimate of drug-likeness (QED) is 0.850. The molecule has 1 saturated carbocycles. The van der Waals surface area contributed by atoms with Gasteiger partial charge in [-0.2, -0.15) is 0 Å². The summed E-state index contributed by atoms with van der Waals surface area (Å²) in [5.41, 5.74) is 6.86. The maximum Gasteiger partial charge on any atom is 0.137 e. The third-order valence-corrected chi connectivity index (χ3v) is 3.31. The highest BCUT2D eigenvalue weighted by Crippen LogP contribution is 2.41. The number of nitrogens with two attached hydrogens (primary N) is 1. The molecule has 0 amide bonds. The zero-order valence-electron chi connectivity index (χ0n) is 7.13. The molecule has 70 valence electrons. The van der Waals surface area contributed by atoms with E-state index in [1.165, 1.54) is 18.9 Å². The van der Waals surface area contributed by atoms with Crippen molar-refractivity contribution >= 4 is 15.9 Å². The van der Waals surface area contributed by atoms with Crippen LogP contribution in [0.3, 0.4) is 0 Å². The molecule has 0 unspecified atom stereocenters. The van der Waals surface area contributed by atoms with Crippen LogP contribution in [0.1, 0.15) is 24.4 Å². The van der Waals surface area contributed by atoms with Gasteiger partial charge in [-0.05, 0) is 46.3 Å². The molecule has 1 aromatic carbocycles. The van der Waals surface area contributed by atoms with Crippen molar-refractivity contribution in [1.82, 2.24) is 0 Å². The predicted molar refractivity (Wildman–Crippen MR) is 53.8 cm³/mol. The molecular formula is C10H11BrFN. The molecule has 1 fully saturated rings. The summed E-state index contributed by atoms with van der Waals surface area (Å²) in [5.74, 6) is 0.326. The largest absolute Gasteiger partial charge is 0.324 e. The standard InChI is InChI=1S/C10H11BrFN/c11-9-7(2-1-3-8(9)12)10(13)6-4-5-6/h1-3,6,10H,4-5,13H2/t10-/m0/s1. The number of halogens is 2. The summed E-state index contributed by atoms with van der Waals surface area (Å²) in [7, 11) is 0. The van der Waals surface area contributed by atoms with Crippen molar-refractivity contribution in [2.45, 2.75) is 18.9 Å². The van der Waals surface area contributed by atoms with Crippen LogP contribution in [0.15, 0.2) is 22.7 Å². The molecule has 0 bridgehead atoms. The van der Waals surface area contributed by atoms with E-state index >= 15 is 0 Å². The van der Waals surface area contributed by atoms with Gasteiger partial charge in [0.05, 0.1) is 4.47 Å². The highest BCUT2D eigenvalue weighted by Gasteiger charge is 2.30. The Morgan fingerprint density at radius 1 is 1.46 bits per heavy atom. The predicted octanol–water partition coefficient (Wildman–Crippen LogP) is 3.00. The molecule has 0 aromatic heterocycles. The van der Waals surface area contributed by atoms with E-state index in [2.05, 4.69) is 15.9 Å². The van der Waals surface area contributed by atoms with E-state index in [9.17, 15) is 4.39 Å². The van der Waals surface area contributed by atoms with Gasteiger partial charge in [-0.1, -0.05) is 12.1 Å². The molecular weight excluding hydrogens is 233 g/mol. The van der Waals surface area contributed by atoms with E-state index in [1.807, 2.05) is 6.07 Å². The fourth-order valence-corrected chi connectivity index (χ4v) is 2.02. The molecule has 1 aromatic rings. The van der Waals surface area contributed by atoms with Gasteiger partial charge in [-0.25, -0.2) is 4.39 Å². The second-order valence-electron chi connectivity index (χ2n) is 3.51. The lowest BCUT2D eigenvalue weighted by Crippen LogP contribution is -2.13. The number of rotatable bonds is 2. The first kappa shape index (κ1) is 9.16. The second kappa shape index (κ2) is 3.39. The van der Waals surface area contributed by atoms with Crippen LogP contribution in [0.5, 0.6) is 0 Å². The van der Waals surface area contributed by atoms with Gasteiger partial charge < -0.3 is 5.73 Å². The van der Waals surface area contributed by atoms with Gasteiger partial charge in [0.15, 0.2) is 0 Å². The monoisotopic (exact) mass is 243 g/mol. The zero-order chi connectivity index (χ0) is 9.42. The topological polar surface area (TPSA) is 26.0 Å². The minimum Gasteiger partial charge on any atom is -0.324 e. The molecule has 1 aliphatic carbocycles. The fraction of sp³-hybridized carbons (Fsp3) is 0.400. The minimum absolute atomic E-state index is 0.00919. The van der Waals surface area contributed by atoms with Gasteiger partial charge >= 0.3 is 0 Å². The van der Waals surface area contributed by atoms with E-state index in [0.717, 1.165) is 5.56 Å². The van der Waals surface area contributed by atoms with Crippen LogP contribution >= 0.6 is 15.9 Å². The van der Waals surface area contributed by atoms with Crippen LogP contribution in [-0.4, -0.2) is 0 Å². The van der Waals surface area contributed by atoms with Crippen LogP contribution in [0, 0.1) is 11.7 Å². The third kappa shape index (κ3) is 1.76. The van der Waals surface area contributed by atoms with Gasteiger partial charge in [-0.15, -0.1) is 0 Å². The summed E-state index contributed by atoms with van der Waals surface area (Å²) in [6, 6.07) is 5.02. The Balaban J connectivity index is 2.32. The van der Waals surface area contributed by atoms with Crippen molar-refractivity contribution in [2.24, 2.45) is 11.7 Å². The maximum atomic E-state index is 13.1. The molecule has 0 heterocycles. The first-order valence-corrected chi connectivity index (χ1v) is 5.19. The first-order valence-electron chi connectivity index (χ1n) is 4.39. The van der Waals surface area contributed by atoms with Crippen LogP contribution in [0.2, 0.25) is 0 Å². The smallest absolute Gasteiger partial charge is 0.137 e. The van der Waals surface area contributed by atoms with E-state index in [-0.39, 0.29) is 11.9 Å². The van der Waals surface area contributed by atoms with Gasteiger partial charge in [0.2, 0.25) is 0 Å². The molecule has 0 saturated heterocycles. The molecule has 2 rings (SSSR count). The lowest BCUT2D eigenvalue weighted by atomic mass is 10.0. The summed E-state index contributed by atoms with van der Waals surface area (Å²) in [6.07, 6.45) is 2.34. The van der Waals surface area contributed by atoms with Crippen molar-refractivity contribution in [3.8, 4) is 0 Å². The SMILES string of the molecule is N[C@H](c1cccc(F)c1Br)C1CC1. The lowest BCUT2D eigenvalue weighted by Gasteiger charge is -2.12. The highest BCUT2D eigenvalue weighted by atomic mass is 79.9. The minimum atomic E-state index is -0.228. The Morgan fingerprint density at radius 3 is 2.77 bits per heavy atom. The Morgan fingerprint density at radius 2 is 2.15 bits per heavy atom. The molecule has 0 spiro atoms. The molecule has 1 atom stereocenters. The Labute approximate surface area is 85.3 Å². The second-order valence-corrected chi connectivity index (χ2v) is 4.30. The molecule has 0 radical (unpaired) electrons. The van der Waals surface area contributed by atoms with Crippen LogP contribution in [0.25, 0.3) is 0 Å². The van der Waals surface area contributed by atoms with Crippen molar-refractivity contribution < 1.29 is 4.39 Å². The van der Waals surface area contributed by atoms with Crippen molar-refractivity contribution in [3.63, 3.8) is 0 Å². The van der Waals surface area contributed by atoms with E-state index < -0.39 is 0 Å². The van der Waals surface area contributed by atoms with Crippen LogP contribution in [-0.2, 0) is 0 Å². The highest BCUT2D eigenvalue weighted by molar-refractivity contribution is 9.10. The van der Waals surface area contributed by atoms with Gasteiger partial charge in [0, 0.05) is 6.04 Å². The maximum absolute atomic E-state index is 13.1. The summed E-state index contributed by atoms with van der Waals surface area (Å²) < 4.78 is 13.6. The van der Waals surface area contributed by atoms with Gasteiger partial charge in [0.1, 0.15) is 5.82 Å². The average Bonchev–Trinajstić information content (AvgIpc) is 2.91. The van der Waals surface area contributed by atoms with Gasteiger partial charge in [-0.3, -0.25) is 0 Å². The molecule has 0 aliphatic heterocycles. The van der Waals surface area contributed by atoms with Crippen LogP contribution in [0.4, 0.5) is 4.39 Å². The summed E-state index contributed by atoms with van der Waals surface area (Å²) in [6.45, 7) is 0. The number of hydrogen-bond acceptors (Lipinski definition) is 1. The van der Waals surface area contributed by atoms with Crippen molar-refractivity contribution in [1.29, 1.82) is 0 Å². The van der Waals surface area contributed by atoms with Crippen molar-refractivity contribution in [3.05, 3.63) is 34.1 Å². The van der Waals surface area contributed by atoms with Crippen molar-refractivity contribution in [2.75, 3.05) is 0 Å². The van der Waals surface area contributed by atoms with E-state index in [0.29, 0.717) is 10.4 Å². The summed E-state index contributed by atoms with van der Waals surface area (Å²) in [5, 5.41) is 0. The lowest BCUT2D eigenvalue weighted by molar-refractivity contribution is 0.593. The molecule has 1 nitrogen and oxygen atoms in total. The first-order chi connectivity index (χ1) is 6.20. The third-order valence-electron chi connectivity index (χ3n) is 2.47. The summed E-state index contributed by atoms with van der Waals surface area (Å²) >= 11 is 3.22. The molecule has 3 heteroatoms. The summed E-state index contributed by atoms with van der Waals surface area (Å²) in [4.78, 5) is 0. The van der Waals surface area contributed by atoms with E-state index in [1.54, 1.807) is 6.07 Å². The zero-order valence-corrected chi connectivity index (χ0v) is 8.72. The number of benzene rings is 1. The average molecular weight is 244 g/mol. The normalized spacial score (nSPS) is 18.7. The Hall–Kier alpha value is -0.410. The Bertz CT molecular complexity index is 323. The number of hydrogen-bond donors (Lipinski definition) is 1. The molecule has 2 N–H and O–H groups in total. The van der Waals surface area contributed by atoms with E-state index in [4.69, 9.17) is 5.73 Å². The molecule has 1 aliphatic rings. The fourth-order valence-electron chi connectivity index (χ4n) is 1.49. The molecule has 13 heavy (non-hydrogen) atoms. The van der Waals surface area contributed by atoms with Crippen LogP contribution < -0.4 is 5.73 Å².